The van der Waals surface area contributed by atoms with Gasteiger partial charge in [0.25, 0.3) is 0 Å². The van der Waals surface area contributed by atoms with Gasteiger partial charge in [-0.15, -0.1) is 0 Å². The predicted octanol–water partition coefficient (Wildman–Crippen LogP) is 2.84. The fraction of sp³-hybridized carbons (Fsp3) is 0.533. The SMILES string of the molecule is CCC1CN(C(C)(C)C(=O)O)c2ccc(C)cc2O1. The highest BCUT2D eigenvalue weighted by atomic mass is 16.5. The Morgan fingerprint density at radius 3 is 2.79 bits per heavy atom. The van der Waals surface area contributed by atoms with Crippen molar-refractivity contribution in [1.82, 2.24) is 0 Å². The maximum atomic E-state index is 11.5. The fourth-order valence-electron chi connectivity index (χ4n) is 2.31. The molecule has 1 aromatic rings. The molecule has 0 saturated heterocycles. The molecule has 1 N–H and O–H groups in total. The number of aryl methyl sites for hydroxylation is 1. The Hall–Kier alpha value is -1.71. The number of nitrogens with zero attached hydrogens (tertiary/aromatic N) is 1. The van der Waals surface area contributed by atoms with Crippen LogP contribution in [0.2, 0.25) is 0 Å². The van der Waals surface area contributed by atoms with E-state index in [2.05, 4.69) is 6.92 Å². The Kier molecular flexibility index (Phi) is 3.43. The molecule has 1 aliphatic rings. The summed E-state index contributed by atoms with van der Waals surface area (Å²) in [6, 6.07) is 5.91. The average Bonchev–Trinajstić information content (AvgIpc) is 2.36. The van der Waals surface area contributed by atoms with E-state index in [1.165, 1.54) is 0 Å². The van der Waals surface area contributed by atoms with Crippen LogP contribution in [0.4, 0.5) is 5.69 Å². The molecular formula is C15H21NO3. The van der Waals surface area contributed by atoms with Gasteiger partial charge in [-0.1, -0.05) is 13.0 Å². The molecule has 1 heterocycles. The average molecular weight is 263 g/mol. The second kappa shape index (κ2) is 4.76. The van der Waals surface area contributed by atoms with Crippen molar-refractivity contribution in [2.24, 2.45) is 0 Å². The Morgan fingerprint density at radius 2 is 2.21 bits per heavy atom. The standard InChI is InChI=1S/C15H21NO3/c1-5-11-9-16(15(3,4)14(17)18)12-7-6-10(2)8-13(12)19-11/h6-8,11H,5,9H2,1-4H3,(H,17,18). The Bertz CT molecular complexity index is 496. The quantitative estimate of drug-likeness (QED) is 0.911. The van der Waals surface area contributed by atoms with Crippen LogP contribution in [0.3, 0.4) is 0 Å². The molecule has 0 spiro atoms. The van der Waals surface area contributed by atoms with Gasteiger partial charge in [-0.3, -0.25) is 0 Å². The first-order chi connectivity index (χ1) is 8.86. The molecule has 4 nitrogen and oxygen atoms in total. The number of carboxylic acid groups (broad SMARTS) is 1. The van der Waals surface area contributed by atoms with Gasteiger partial charge in [-0.2, -0.15) is 0 Å². The molecular weight excluding hydrogens is 242 g/mol. The summed E-state index contributed by atoms with van der Waals surface area (Å²) in [5.41, 5.74) is 1.03. The van der Waals surface area contributed by atoms with E-state index >= 15 is 0 Å². The maximum Gasteiger partial charge on any atom is 0.328 e. The predicted molar refractivity (Wildman–Crippen MR) is 74.9 cm³/mol. The first-order valence-corrected chi connectivity index (χ1v) is 6.64. The lowest BCUT2D eigenvalue weighted by atomic mass is 9.98. The second-order valence-electron chi connectivity index (χ2n) is 5.59. The monoisotopic (exact) mass is 263 g/mol. The fourth-order valence-corrected chi connectivity index (χ4v) is 2.31. The number of carbonyl (C=O) groups is 1. The molecule has 1 atom stereocenters. The molecule has 0 aliphatic carbocycles. The lowest BCUT2D eigenvalue weighted by Crippen LogP contribution is -2.55. The van der Waals surface area contributed by atoms with Crippen molar-refractivity contribution in [1.29, 1.82) is 0 Å². The normalized spacial score (nSPS) is 18.7. The molecule has 4 heteroatoms. The summed E-state index contributed by atoms with van der Waals surface area (Å²) in [5.74, 6) is -0.0387. The van der Waals surface area contributed by atoms with Gasteiger partial charge in [0.1, 0.15) is 17.4 Å². The summed E-state index contributed by atoms with van der Waals surface area (Å²) in [6.07, 6.45) is 0.896. The van der Waals surface area contributed by atoms with Crippen LogP contribution in [0.15, 0.2) is 18.2 Å². The van der Waals surface area contributed by atoms with Crippen LogP contribution in [0, 0.1) is 6.92 Å². The summed E-state index contributed by atoms with van der Waals surface area (Å²) in [6.45, 7) is 8.13. The summed E-state index contributed by atoms with van der Waals surface area (Å²) in [5, 5.41) is 9.45. The summed E-state index contributed by atoms with van der Waals surface area (Å²) in [4.78, 5) is 13.4. The van der Waals surface area contributed by atoms with E-state index in [9.17, 15) is 9.90 Å². The molecule has 0 bridgehead atoms. The number of aliphatic carboxylic acids is 1. The van der Waals surface area contributed by atoms with E-state index < -0.39 is 11.5 Å². The molecule has 0 amide bonds. The zero-order valence-corrected chi connectivity index (χ0v) is 11.9. The van der Waals surface area contributed by atoms with Crippen molar-refractivity contribution in [3.8, 4) is 5.75 Å². The number of benzene rings is 1. The smallest absolute Gasteiger partial charge is 0.328 e. The van der Waals surface area contributed by atoms with E-state index in [1.807, 2.05) is 30.0 Å². The molecule has 104 valence electrons. The number of carboxylic acids is 1. The van der Waals surface area contributed by atoms with Crippen LogP contribution in [-0.4, -0.2) is 29.3 Å². The van der Waals surface area contributed by atoms with Crippen LogP contribution in [-0.2, 0) is 4.79 Å². The van der Waals surface area contributed by atoms with Gasteiger partial charge in [0.05, 0.1) is 12.2 Å². The first kappa shape index (κ1) is 13.7. The highest BCUT2D eigenvalue weighted by Crippen LogP contribution is 2.38. The largest absolute Gasteiger partial charge is 0.486 e. The molecule has 2 rings (SSSR count). The van der Waals surface area contributed by atoms with Crippen molar-refractivity contribution in [2.45, 2.75) is 45.8 Å². The van der Waals surface area contributed by atoms with E-state index in [4.69, 9.17) is 4.74 Å². The topological polar surface area (TPSA) is 49.8 Å². The third kappa shape index (κ3) is 2.39. The van der Waals surface area contributed by atoms with E-state index in [0.717, 1.165) is 23.4 Å². The van der Waals surface area contributed by atoms with E-state index in [-0.39, 0.29) is 6.10 Å². The van der Waals surface area contributed by atoms with Crippen molar-refractivity contribution in [2.75, 3.05) is 11.4 Å². The molecule has 1 aromatic carbocycles. The van der Waals surface area contributed by atoms with Gasteiger partial charge in [0.2, 0.25) is 0 Å². The Labute approximate surface area is 114 Å². The number of ether oxygens (including phenoxy) is 1. The summed E-state index contributed by atoms with van der Waals surface area (Å²) >= 11 is 0. The number of rotatable bonds is 3. The molecule has 0 radical (unpaired) electrons. The Morgan fingerprint density at radius 1 is 1.53 bits per heavy atom. The van der Waals surface area contributed by atoms with Gasteiger partial charge < -0.3 is 14.7 Å². The highest BCUT2D eigenvalue weighted by Gasteiger charge is 2.39. The zero-order chi connectivity index (χ0) is 14.2. The van der Waals surface area contributed by atoms with Crippen molar-refractivity contribution in [3.63, 3.8) is 0 Å². The van der Waals surface area contributed by atoms with Gasteiger partial charge in [-0.25, -0.2) is 4.79 Å². The molecule has 19 heavy (non-hydrogen) atoms. The number of anilines is 1. The van der Waals surface area contributed by atoms with Gasteiger partial charge in [0, 0.05) is 0 Å². The van der Waals surface area contributed by atoms with Crippen LogP contribution in [0.25, 0.3) is 0 Å². The summed E-state index contributed by atoms with van der Waals surface area (Å²) in [7, 11) is 0. The molecule has 0 aromatic heterocycles. The molecule has 0 fully saturated rings. The lowest BCUT2D eigenvalue weighted by molar-refractivity contribution is -0.142. The highest BCUT2D eigenvalue weighted by molar-refractivity contribution is 5.84. The van der Waals surface area contributed by atoms with E-state index in [1.54, 1.807) is 13.8 Å². The van der Waals surface area contributed by atoms with Crippen LogP contribution in [0.5, 0.6) is 5.75 Å². The molecule has 1 unspecified atom stereocenters. The third-order valence-electron chi connectivity index (χ3n) is 3.74. The van der Waals surface area contributed by atoms with Gasteiger partial charge in [0.15, 0.2) is 0 Å². The van der Waals surface area contributed by atoms with Crippen molar-refractivity contribution >= 4 is 11.7 Å². The van der Waals surface area contributed by atoms with E-state index in [0.29, 0.717) is 6.54 Å². The van der Waals surface area contributed by atoms with Crippen molar-refractivity contribution in [3.05, 3.63) is 23.8 Å². The lowest BCUT2D eigenvalue weighted by Gasteiger charge is -2.43. The van der Waals surface area contributed by atoms with Crippen molar-refractivity contribution < 1.29 is 14.6 Å². The molecule has 0 saturated carbocycles. The van der Waals surface area contributed by atoms with Gasteiger partial charge in [-0.05, 0) is 44.9 Å². The first-order valence-electron chi connectivity index (χ1n) is 6.64. The summed E-state index contributed by atoms with van der Waals surface area (Å²) < 4.78 is 5.93. The Balaban J connectivity index is 2.48. The van der Waals surface area contributed by atoms with Crippen LogP contribution in [0.1, 0.15) is 32.8 Å². The number of hydrogen-bond acceptors (Lipinski definition) is 3. The number of hydrogen-bond donors (Lipinski definition) is 1. The zero-order valence-electron chi connectivity index (χ0n) is 11.9. The third-order valence-corrected chi connectivity index (χ3v) is 3.74. The maximum absolute atomic E-state index is 11.5. The molecule has 1 aliphatic heterocycles. The van der Waals surface area contributed by atoms with Crippen LogP contribution < -0.4 is 9.64 Å². The number of fused-ring (bicyclic) bond motifs is 1. The van der Waals surface area contributed by atoms with Crippen LogP contribution >= 0.6 is 0 Å². The van der Waals surface area contributed by atoms with Gasteiger partial charge >= 0.3 is 5.97 Å². The minimum atomic E-state index is -0.943. The second-order valence-corrected chi connectivity index (χ2v) is 5.59. The minimum Gasteiger partial charge on any atom is -0.486 e. The minimum absolute atomic E-state index is 0.0351.